The Morgan fingerprint density at radius 2 is 2.00 bits per heavy atom. The van der Waals surface area contributed by atoms with Crippen molar-refractivity contribution in [3.8, 4) is 28.5 Å². The summed E-state index contributed by atoms with van der Waals surface area (Å²) in [6.07, 6.45) is 0. The lowest BCUT2D eigenvalue weighted by Gasteiger charge is -2.18. The Kier molecular flexibility index (Phi) is 5.84. The molecule has 0 spiro atoms. The van der Waals surface area contributed by atoms with Crippen LogP contribution in [-0.2, 0) is 4.79 Å². The van der Waals surface area contributed by atoms with Gasteiger partial charge >= 0.3 is 0 Å². The molecule has 0 fully saturated rings. The van der Waals surface area contributed by atoms with E-state index in [9.17, 15) is 9.59 Å². The number of methoxy groups -OCH3 is 1. The van der Waals surface area contributed by atoms with Gasteiger partial charge in [-0.15, -0.1) is 10.2 Å². The summed E-state index contributed by atoms with van der Waals surface area (Å²) < 4.78 is 16.1. The van der Waals surface area contributed by atoms with Crippen LogP contribution in [0.1, 0.15) is 0 Å². The topological polar surface area (TPSA) is 115 Å². The highest BCUT2D eigenvalue weighted by Gasteiger charge is 2.15. The Balaban J connectivity index is 1.41. The molecule has 1 aliphatic heterocycles. The molecule has 0 unspecified atom stereocenters. The second-order valence-electron chi connectivity index (χ2n) is 6.24. The molecule has 9 nitrogen and oxygen atoms in total. The molecule has 154 valence electrons. The second kappa shape index (κ2) is 8.87. The van der Waals surface area contributed by atoms with Gasteiger partial charge in [0.15, 0.2) is 22.3 Å². The Morgan fingerprint density at radius 3 is 2.80 bits per heavy atom. The number of rotatable bonds is 6. The smallest absolute Gasteiger partial charge is 0.278 e. The number of benzene rings is 2. The largest absolute Gasteiger partial charge is 0.497 e. The number of ether oxygens (including phenoxy) is 3. The summed E-state index contributed by atoms with van der Waals surface area (Å²) in [6.45, 7) is 0.940. The van der Waals surface area contributed by atoms with Crippen LogP contribution in [0.25, 0.3) is 11.3 Å². The zero-order chi connectivity index (χ0) is 20.9. The van der Waals surface area contributed by atoms with E-state index in [2.05, 4.69) is 20.5 Å². The number of thioether (sulfide) groups is 1. The highest BCUT2D eigenvalue weighted by molar-refractivity contribution is 7.99. The molecule has 0 atom stereocenters. The normalized spacial score (nSPS) is 12.3. The lowest BCUT2D eigenvalue weighted by atomic mass is 10.1. The van der Waals surface area contributed by atoms with E-state index in [1.54, 1.807) is 49.6 Å². The molecule has 30 heavy (non-hydrogen) atoms. The number of hydrogen-bond donors (Lipinski definition) is 2. The van der Waals surface area contributed by atoms with E-state index in [4.69, 9.17) is 14.2 Å². The molecule has 0 radical (unpaired) electrons. The molecule has 1 aromatic heterocycles. The van der Waals surface area contributed by atoms with Gasteiger partial charge in [-0.05, 0) is 30.3 Å². The molecule has 1 amide bonds. The standard InChI is InChI=1S/C20H18N4O5S/c1-27-14-4-2-3-13(10-14)21-17(25)11-30-20-22-19(26)18(23-24-20)12-5-6-15-16(9-12)29-8-7-28-15/h2-6,9-10H,7-8,11H2,1H3,(H,21,25)(H,22,24,26). The van der Waals surface area contributed by atoms with Gasteiger partial charge in [0, 0.05) is 17.3 Å². The van der Waals surface area contributed by atoms with Crippen LogP contribution in [0.4, 0.5) is 5.69 Å². The fourth-order valence-corrected chi connectivity index (χ4v) is 3.40. The number of amides is 1. The molecule has 2 N–H and O–H groups in total. The lowest BCUT2D eigenvalue weighted by molar-refractivity contribution is -0.113. The molecule has 2 heterocycles. The summed E-state index contributed by atoms with van der Waals surface area (Å²) in [5, 5.41) is 11.1. The van der Waals surface area contributed by atoms with E-state index in [-0.39, 0.29) is 22.5 Å². The van der Waals surface area contributed by atoms with Gasteiger partial charge in [0.2, 0.25) is 5.91 Å². The summed E-state index contributed by atoms with van der Waals surface area (Å²) in [7, 11) is 1.56. The van der Waals surface area contributed by atoms with E-state index in [0.29, 0.717) is 41.7 Å². The summed E-state index contributed by atoms with van der Waals surface area (Å²) in [5.74, 6) is 1.65. The van der Waals surface area contributed by atoms with Gasteiger partial charge in [-0.2, -0.15) is 0 Å². The van der Waals surface area contributed by atoms with Gasteiger partial charge < -0.3 is 19.5 Å². The first-order valence-electron chi connectivity index (χ1n) is 9.06. The lowest BCUT2D eigenvalue weighted by Crippen LogP contribution is -2.18. The van der Waals surface area contributed by atoms with Crippen molar-refractivity contribution in [3.63, 3.8) is 0 Å². The third-order valence-corrected chi connectivity index (χ3v) is 5.05. The second-order valence-corrected chi connectivity index (χ2v) is 7.20. The third kappa shape index (κ3) is 4.54. The minimum absolute atomic E-state index is 0.0607. The molecule has 0 saturated heterocycles. The van der Waals surface area contributed by atoms with Gasteiger partial charge in [0.1, 0.15) is 19.0 Å². The van der Waals surface area contributed by atoms with Crippen molar-refractivity contribution in [2.24, 2.45) is 0 Å². The van der Waals surface area contributed by atoms with Crippen LogP contribution in [0.5, 0.6) is 17.2 Å². The molecule has 0 saturated carbocycles. The number of carbonyl (C=O) groups is 1. The van der Waals surface area contributed by atoms with E-state index in [1.165, 1.54) is 0 Å². The minimum Gasteiger partial charge on any atom is -0.497 e. The molecule has 4 rings (SSSR count). The van der Waals surface area contributed by atoms with Crippen molar-refractivity contribution in [3.05, 3.63) is 52.8 Å². The molecular formula is C20H18N4O5S. The fraction of sp³-hybridized carbons (Fsp3) is 0.200. The summed E-state index contributed by atoms with van der Waals surface area (Å²) >= 11 is 1.08. The van der Waals surface area contributed by atoms with Crippen LogP contribution in [-0.4, -0.2) is 47.2 Å². The maximum absolute atomic E-state index is 12.5. The Morgan fingerprint density at radius 1 is 1.17 bits per heavy atom. The highest BCUT2D eigenvalue weighted by Crippen LogP contribution is 2.33. The molecule has 0 bridgehead atoms. The highest BCUT2D eigenvalue weighted by atomic mass is 32.2. The maximum atomic E-state index is 12.5. The molecule has 0 aliphatic carbocycles. The van der Waals surface area contributed by atoms with Crippen molar-refractivity contribution in [1.82, 2.24) is 15.2 Å². The average molecular weight is 426 g/mol. The SMILES string of the molecule is COc1cccc(NC(=O)CSc2nnc(-c3ccc4c(c3)OCCO4)c(=O)[nH]2)c1. The maximum Gasteiger partial charge on any atom is 0.278 e. The van der Waals surface area contributed by atoms with Gasteiger partial charge in [-0.1, -0.05) is 17.8 Å². The third-order valence-electron chi connectivity index (χ3n) is 4.19. The summed E-state index contributed by atoms with van der Waals surface area (Å²) in [4.78, 5) is 27.3. The van der Waals surface area contributed by atoms with Crippen molar-refractivity contribution < 1.29 is 19.0 Å². The van der Waals surface area contributed by atoms with Gasteiger partial charge in [-0.3, -0.25) is 14.6 Å². The number of anilines is 1. The monoisotopic (exact) mass is 426 g/mol. The number of aromatic nitrogens is 3. The zero-order valence-corrected chi connectivity index (χ0v) is 16.8. The minimum atomic E-state index is -0.405. The number of carbonyl (C=O) groups excluding carboxylic acids is 1. The van der Waals surface area contributed by atoms with Crippen LogP contribution in [0.3, 0.4) is 0 Å². The quantitative estimate of drug-likeness (QED) is 0.577. The predicted molar refractivity (Wildman–Crippen MR) is 111 cm³/mol. The van der Waals surface area contributed by atoms with Crippen LogP contribution >= 0.6 is 11.8 Å². The molecule has 10 heteroatoms. The zero-order valence-electron chi connectivity index (χ0n) is 16.0. The number of nitrogens with one attached hydrogen (secondary N) is 2. The summed E-state index contributed by atoms with van der Waals surface area (Å²) in [5.41, 5.74) is 0.948. The first-order chi connectivity index (χ1) is 14.6. The van der Waals surface area contributed by atoms with Gasteiger partial charge in [0.05, 0.1) is 12.9 Å². The predicted octanol–water partition coefficient (Wildman–Crippen LogP) is 2.34. The fourth-order valence-electron chi connectivity index (χ4n) is 2.80. The van der Waals surface area contributed by atoms with Crippen molar-refractivity contribution in [2.75, 3.05) is 31.4 Å². The van der Waals surface area contributed by atoms with Crippen LogP contribution in [0, 0.1) is 0 Å². The van der Waals surface area contributed by atoms with Gasteiger partial charge in [0.25, 0.3) is 5.56 Å². The number of fused-ring (bicyclic) bond motifs is 1. The Hall–Kier alpha value is -3.53. The number of nitrogens with zero attached hydrogens (tertiary/aromatic N) is 2. The van der Waals surface area contributed by atoms with Crippen LogP contribution < -0.4 is 25.1 Å². The van der Waals surface area contributed by atoms with Crippen molar-refractivity contribution >= 4 is 23.4 Å². The van der Waals surface area contributed by atoms with Crippen molar-refractivity contribution in [1.29, 1.82) is 0 Å². The first kappa shape index (κ1) is 19.8. The van der Waals surface area contributed by atoms with Gasteiger partial charge in [-0.25, -0.2) is 0 Å². The van der Waals surface area contributed by atoms with E-state index < -0.39 is 5.56 Å². The van der Waals surface area contributed by atoms with Crippen LogP contribution in [0.15, 0.2) is 52.4 Å². The van der Waals surface area contributed by atoms with E-state index in [1.807, 2.05) is 0 Å². The number of aromatic amines is 1. The molecular weight excluding hydrogens is 408 g/mol. The molecule has 3 aromatic rings. The van der Waals surface area contributed by atoms with E-state index in [0.717, 1.165) is 11.8 Å². The number of hydrogen-bond acceptors (Lipinski definition) is 8. The van der Waals surface area contributed by atoms with E-state index >= 15 is 0 Å². The Bertz CT molecular complexity index is 1130. The summed E-state index contributed by atoms with van der Waals surface area (Å²) in [6, 6.07) is 12.2. The molecule has 1 aliphatic rings. The molecule has 2 aromatic carbocycles. The number of H-pyrrole nitrogens is 1. The Labute approximate surface area is 175 Å². The van der Waals surface area contributed by atoms with Crippen LogP contribution in [0.2, 0.25) is 0 Å². The van der Waals surface area contributed by atoms with Crippen molar-refractivity contribution in [2.45, 2.75) is 5.16 Å². The first-order valence-corrected chi connectivity index (χ1v) is 10.0. The average Bonchev–Trinajstić information content (AvgIpc) is 2.77.